The van der Waals surface area contributed by atoms with Gasteiger partial charge >= 0.3 is 6.03 Å². The molecule has 202 valence electrons. The molecule has 2 N–H and O–H groups in total. The summed E-state index contributed by atoms with van der Waals surface area (Å²) in [6, 6.07) is 34.0. The molecule has 0 aliphatic heterocycles. The largest absolute Gasteiger partial charge is 0.327 e. The quantitative estimate of drug-likeness (QED) is 0.187. The van der Waals surface area contributed by atoms with Gasteiger partial charge in [0, 0.05) is 23.5 Å². The molecular weight excluding hydrogens is 514 g/mol. The van der Waals surface area contributed by atoms with Crippen molar-refractivity contribution in [3.8, 4) is 5.69 Å². The zero-order chi connectivity index (χ0) is 27.9. The normalized spacial score (nSPS) is 11.7. The Kier molecular flexibility index (Phi) is 8.62. The Morgan fingerprint density at radius 2 is 1.48 bits per heavy atom. The molecule has 6 nitrogen and oxygen atoms in total. The Morgan fingerprint density at radius 1 is 0.800 bits per heavy atom. The predicted molar refractivity (Wildman–Crippen MR) is 163 cm³/mol. The van der Waals surface area contributed by atoms with Crippen LogP contribution >= 0.6 is 11.8 Å². The van der Waals surface area contributed by atoms with Gasteiger partial charge < -0.3 is 10.6 Å². The average molecular weight is 548 g/mol. The van der Waals surface area contributed by atoms with E-state index in [-0.39, 0.29) is 6.03 Å². The number of anilines is 1. The van der Waals surface area contributed by atoms with Crippen molar-refractivity contribution in [3.05, 3.63) is 137 Å². The van der Waals surface area contributed by atoms with Crippen molar-refractivity contribution in [1.82, 2.24) is 20.1 Å². The van der Waals surface area contributed by atoms with Crippen LogP contribution in [0.5, 0.6) is 0 Å². The van der Waals surface area contributed by atoms with Crippen LogP contribution in [-0.4, -0.2) is 20.8 Å². The first-order chi connectivity index (χ1) is 19.5. The van der Waals surface area contributed by atoms with Crippen molar-refractivity contribution >= 4 is 23.5 Å². The molecule has 1 unspecified atom stereocenters. The Labute approximate surface area is 239 Å². The number of carbonyl (C=O) groups excluding carboxylic acids is 1. The molecule has 4 aromatic carbocycles. The molecule has 40 heavy (non-hydrogen) atoms. The lowest BCUT2D eigenvalue weighted by Crippen LogP contribution is -2.35. The molecular formula is C33H33N5OS. The third-order valence-electron chi connectivity index (χ3n) is 6.91. The second-order valence-electron chi connectivity index (χ2n) is 9.87. The predicted octanol–water partition coefficient (Wildman–Crippen LogP) is 7.59. The van der Waals surface area contributed by atoms with Crippen LogP contribution in [0.3, 0.4) is 0 Å². The third kappa shape index (κ3) is 6.61. The maximum Gasteiger partial charge on any atom is 0.319 e. The molecule has 0 radical (unpaired) electrons. The number of amides is 2. The van der Waals surface area contributed by atoms with Gasteiger partial charge in [-0.15, -0.1) is 10.2 Å². The van der Waals surface area contributed by atoms with Crippen molar-refractivity contribution in [2.24, 2.45) is 0 Å². The molecule has 7 heteroatoms. The smallest absolute Gasteiger partial charge is 0.319 e. The number of hydrogen-bond donors (Lipinski definition) is 2. The van der Waals surface area contributed by atoms with Gasteiger partial charge in [0.25, 0.3) is 0 Å². The second kappa shape index (κ2) is 12.7. The minimum Gasteiger partial charge on any atom is -0.327 e. The number of aryl methyl sites for hydroxylation is 2. The number of aromatic nitrogens is 3. The molecule has 1 aromatic heterocycles. The van der Waals surface area contributed by atoms with Crippen molar-refractivity contribution < 1.29 is 4.79 Å². The fraction of sp³-hybridized carbons (Fsp3) is 0.182. The fourth-order valence-electron chi connectivity index (χ4n) is 4.52. The molecule has 5 aromatic rings. The van der Waals surface area contributed by atoms with E-state index >= 15 is 0 Å². The van der Waals surface area contributed by atoms with E-state index in [1.807, 2.05) is 68.4 Å². The van der Waals surface area contributed by atoms with E-state index in [9.17, 15) is 4.79 Å². The van der Waals surface area contributed by atoms with Crippen molar-refractivity contribution in [2.75, 3.05) is 5.32 Å². The van der Waals surface area contributed by atoms with Gasteiger partial charge in [0.2, 0.25) is 0 Å². The summed E-state index contributed by atoms with van der Waals surface area (Å²) < 4.78 is 2.07. The summed E-state index contributed by atoms with van der Waals surface area (Å²) in [5, 5.41) is 16.3. The van der Waals surface area contributed by atoms with E-state index in [0.29, 0.717) is 12.2 Å². The van der Waals surface area contributed by atoms with Gasteiger partial charge in [0.1, 0.15) is 0 Å². The highest BCUT2D eigenvalue weighted by molar-refractivity contribution is 7.98. The summed E-state index contributed by atoms with van der Waals surface area (Å²) in [6.07, 6.45) is 0.564. The van der Waals surface area contributed by atoms with Gasteiger partial charge in [-0.05, 0) is 61.2 Å². The summed E-state index contributed by atoms with van der Waals surface area (Å²) in [7, 11) is 0. The van der Waals surface area contributed by atoms with Crippen LogP contribution in [0.25, 0.3) is 5.69 Å². The Bertz CT molecular complexity index is 1570. The van der Waals surface area contributed by atoms with E-state index in [0.717, 1.165) is 39.0 Å². The lowest BCUT2D eigenvalue weighted by molar-refractivity contribution is 0.247. The molecule has 0 bridgehead atoms. The first-order valence-corrected chi connectivity index (χ1v) is 14.3. The molecule has 0 spiro atoms. The van der Waals surface area contributed by atoms with Gasteiger partial charge in [0.15, 0.2) is 11.0 Å². The second-order valence-corrected chi connectivity index (χ2v) is 10.8. The van der Waals surface area contributed by atoms with E-state index < -0.39 is 6.04 Å². The van der Waals surface area contributed by atoms with E-state index in [4.69, 9.17) is 0 Å². The van der Waals surface area contributed by atoms with Crippen molar-refractivity contribution in [3.63, 3.8) is 0 Å². The van der Waals surface area contributed by atoms with Crippen LogP contribution in [0.15, 0.2) is 108 Å². The van der Waals surface area contributed by atoms with E-state index in [1.165, 1.54) is 11.1 Å². The Morgan fingerprint density at radius 3 is 2.17 bits per heavy atom. The maximum absolute atomic E-state index is 13.4. The maximum atomic E-state index is 13.4. The number of thioether (sulfide) groups is 1. The minimum atomic E-state index is -0.424. The first kappa shape index (κ1) is 27.2. The first-order valence-electron chi connectivity index (χ1n) is 13.3. The fourth-order valence-corrected chi connectivity index (χ4v) is 5.43. The van der Waals surface area contributed by atoms with Gasteiger partial charge in [-0.3, -0.25) is 4.57 Å². The summed E-state index contributed by atoms with van der Waals surface area (Å²) in [5.41, 5.74) is 7.38. The number of nitrogens with zero attached hydrogens (tertiary/aromatic N) is 3. The van der Waals surface area contributed by atoms with E-state index in [2.05, 4.69) is 80.9 Å². The summed E-state index contributed by atoms with van der Waals surface area (Å²) in [6.45, 7) is 6.12. The molecule has 0 saturated carbocycles. The average Bonchev–Trinajstić information content (AvgIpc) is 3.39. The highest BCUT2D eigenvalue weighted by Crippen LogP contribution is 2.29. The summed E-state index contributed by atoms with van der Waals surface area (Å²) in [5.74, 6) is 1.44. The standard InChI is InChI=1S/C33H33N5OS/c1-23-17-19-28(20-18-23)38-31(36-37-33(38)40-22-27-14-8-5-9-15-27)30(21-26-12-6-4-7-13-26)35-32(39)34-29-16-10-11-24(2)25(29)3/h4-20,30H,21-22H2,1-3H3,(H2,34,35,39). The highest BCUT2D eigenvalue weighted by atomic mass is 32.2. The summed E-state index contributed by atoms with van der Waals surface area (Å²) >= 11 is 1.63. The zero-order valence-electron chi connectivity index (χ0n) is 23.0. The monoisotopic (exact) mass is 547 g/mol. The van der Waals surface area contributed by atoms with Gasteiger partial charge in [0.05, 0.1) is 6.04 Å². The number of benzene rings is 4. The molecule has 1 heterocycles. The Hall–Kier alpha value is -4.36. The lowest BCUT2D eigenvalue weighted by Gasteiger charge is -2.21. The zero-order valence-corrected chi connectivity index (χ0v) is 23.8. The van der Waals surface area contributed by atoms with Crippen molar-refractivity contribution in [1.29, 1.82) is 0 Å². The molecule has 0 saturated heterocycles. The topological polar surface area (TPSA) is 71.8 Å². The Balaban J connectivity index is 1.50. The number of nitrogens with one attached hydrogen (secondary N) is 2. The summed E-state index contributed by atoms with van der Waals surface area (Å²) in [4.78, 5) is 13.4. The van der Waals surface area contributed by atoms with Crippen LogP contribution in [0, 0.1) is 20.8 Å². The van der Waals surface area contributed by atoms with Crippen LogP contribution < -0.4 is 10.6 Å². The van der Waals surface area contributed by atoms with Gasteiger partial charge in [-0.25, -0.2) is 4.79 Å². The molecule has 2 amide bonds. The molecule has 0 fully saturated rings. The SMILES string of the molecule is Cc1ccc(-n2c(SCc3ccccc3)nnc2C(Cc2ccccc2)NC(=O)Nc2cccc(C)c2C)cc1. The number of urea groups is 1. The third-order valence-corrected chi connectivity index (χ3v) is 7.91. The number of rotatable bonds is 9. The van der Waals surface area contributed by atoms with Crippen molar-refractivity contribution in [2.45, 2.75) is 44.1 Å². The van der Waals surface area contributed by atoms with Gasteiger partial charge in [-0.1, -0.05) is 102 Å². The van der Waals surface area contributed by atoms with E-state index in [1.54, 1.807) is 11.8 Å². The molecule has 5 rings (SSSR count). The van der Waals surface area contributed by atoms with Crippen LogP contribution in [0.1, 0.15) is 39.7 Å². The molecule has 1 atom stereocenters. The molecule has 0 aliphatic rings. The number of hydrogen-bond acceptors (Lipinski definition) is 4. The minimum absolute atomic E-state index is 0.286. The molecule has 0 aliphatic carbocycles. The van der Waals surface area contributed by atoms with Crippen LogP contribution in [0.2, 0.25) is 0 Å². The lowest BCUT2D eigenvalue weighted by atomic mass is 10.1. The van der Waals surface area contributed by atoms with Gasteiger partial charge in [-0.2, -0.15) is 0 Å². The highest BCUT2D eigenvalue weighted by Gasteiger charge is 2.25. The van der Waals surface area contributed by atoms with Crippen LogP contribution in [-0.2, 0) is 12.2 Å². The number of carbonyl (C=O) groups is 1. The van der Waals surface area contributed by atoms with Crippen LogP contribution in [0.4, 0.5) is 10.5 Å².